The second-order valence-corrected chi connectivity index (χ2v) is 5.22. The van der Waals surface area contributed by atoms with E-state index in [1.807, 2.05) is 0 Å². The number of hydrogen-bond acceptors (Lipinski definition) is 7. The maximum absolute atomic E-state index is 13.2. The van der Waals surface area contributed by atoms with Crippen LogP contribution in [0.2, 0.25) is 0 Å². The van der Waals surface area contributed by atoms with Gasteiger partial charge in [-0.3, -0.25) is 10.1 Å². The van der Waals surface area contributed by atoms with Gasteiger partial charge in [0.25, 0.3) is 5.69 Å². The van der Waals surface area contributed by atoms with Crippen molar-refractivity contribution in [3.05, 3.63) is 51.8 Å². The van der Waals surface area contributed by atoms with E-state index in [1.165, 1.54) is 31.2 Å². The summed E-state index contributed by atoms with van der Waals surface area (Å²) >= 11 is 0. The molecule has 2 heterocycles. The quantitative estimate of drug-likeness (QED) is 0.427. The van der Waals surface area contributed by atoms with E-state index in [1.54, 1.807) is 0 Å². The Morgan fingerprint density at radius 2 is 1.88 bits per heavy atom. The molecule has 0 fully saturated rings. The Labute approximate surface area is 143 Å². The van der Waals surface area contributed by atoms with Crippen molar-refractivity contribution in [3.8, 4) is 0 Å². The van der Waals surface area contributed by atoms with Gasteiger partial charge < -0.3 is 5.73 Å². The first kappa shape index (κ1) is 17.3. The summed E-state index contributed by atoms with van der Waals surface area (Å²) in [6.45, 7) is 1.40. The van der Waals surface area contributed by atoms with E-state index in [4.69, 9.17) is 5.73 Å². The zero-order valence-electron chi connectivity index (χ0n) is 13.1. The fourth-order valence-electron chi connectivity index (χ4n) is 2.19. The SMILES string of the molecule is Cc1cc(C(F)(F)F)n2nc(N)c(N=Nc3ccc([N+](=O)[O-])cc3)c2n1. The van der Waals surface area contributed by atoms with Crippen LogP contribution in [-0.2, 0) is 6.18 Å². The van der Waals surface area contributed by atoms with Gasteiger partial charge in [0.1, 0.15) is 5.69 Å². The Kier molecular flexibility index (Phi) is 4.02. The lowest BCUT2D eigenvalue weighted by atomic mass is 10.3. The van der Waals surface area contributed by atoms with Crippen molar-refractivity contribution in [2.24, 2.45) is 10.2 Å². The van der Waals surface area contributed by atoms with Gasteiger partial charge in [-0.05, 0) is 25.1 Å². The van der Waals surface area contributed by atoms with Crippen LogP contribution in [0.1, 0.15) is 11.4 Å². The molecule has 0 saturated carbocycles. The molecule has 134 valence electrons. The average molecular weight is 365 g/mol. The monoisotopic (exact) mass is 365 g/mol. The molecule has 3 rings (SSSR count). The number of nitrogens with two attached hydrogens (primary N) is 1. The van der Waals surface area contributed by atoms with Crippen LogP contribution in [0.3, 0.4) is 0 Å². The molecule has 0 unspecified atom stereocenters. The van der Waals surface area contributed by atoms with Crippen LogP contribution in [0, 0.1) is 17.0 Å². The van der Waals surface area contributed by atoms with Crippen LogP contribution in [-0.4, -0.2) is 19.5 Å². The Morgan fingerprint density at radius 3 is 2.46 bits per heavy atom. The second-order valence-electron chi connectivity index (χ2n) is 5.22. The Hall–Kier alpha value is -3.57. The number of aromatic nitrogens is 3. The van der Waals surface area contributed by atoms with Crippen molar-refractivity contribution in [1.29, 1.82) is 0 Å². The average Bonchev–Trinajstić information content (AvgIpc) is 2.87. The van der Waals surface area contributed by atoms with E-state index in [9.17, 15) is 23.3 Å². The number of nitro benzene ring substituents is 1. The molecule has 0 saturated heterocycles. The summed E-state index contributed by atoms with van der Waals surface area (Å²) in [6, 6.07) is 5.96. The molecule has 2 aromatic heterocycles. The predicted octanol–water partition coefficient (Wildman–Crippen LogP) is 3.96. The smallest absolute Gasteiger partial charge is 0.380 e. The third-order valence-corrected chi connectivity index (χ3v) is 3.34. The van der Waals surface area contributed by atoms with Gasteiger partial charge in [0.05, 0.1) is 10.6 Å². The molecule has 12 heteroatoms. The summed E-state index contributed by atoms with van der Waals surface area (Å²) in [5, 5.41) is 21.9. The van der Waals surface area contributed by atoms with Crippen LogP contribution in [0.25, 0.3) is 5.65 Å². The van der Waals surface area contributed by atoms with Gasteiger partial charge in [0.2, 0.25) is 0 Å². The van der Waals surface area contributed by atoms with Crippen LogP contribution in [0.5, 0.6) is 0 Å². The minimum atomic E-state index is -4.66. The van der Waals surface area contributed by atoms with Crippen molar-refractivity contribution in [2.45, 2.75) is 13.1 Å². The molecule has 26 heavy (non-hydrogen) atoms. The van der Waals surface area contributed by atoms with Crippen LogP contribution in [0.4, 0.5) is 36.1 Å². The molecule has 0 amide bonds. The van der Waals surface area contributed by atoms with Crippen molar-refractivity contribution in [3.63, 3.8) is 0 Å². The lowest BCUT2D eigenvalue weighted by molar-refractivity contribution is -0.384. The van der Waals surface area contributed by atoms with Crippen molar-refractivity contribution in [2.75, 3.05) is 5.73 Å². The zero-order valence-corrected chi connectivity index (χ0v) is 13.1. The molecule has 0 aliphatic heterocycles. The molecule has 0 atom stereocenters. The number of hydrogen-bond donors (Lipinski definition) is 1. The van der Waals surface area contributed by atoms with Gasteiger partial charge in [-0.2, -0.15) is 18.3 Å². The number of fused-ring (bicyclic) bond motifs is 1. The maximum Gasteiger partial charge on any atom is 0.433 e. The van der Waals surface area contributed by atoms with E-state index in [-0.39, 0.29) is 34.2 Å². The first-order valence-electron chi connectivity index (χ1n) is 7.06. The second kappa shape index (κ2) is 6.06. The third kappa shape index (κ3) is 3.16. The fraction of sp³-hybridized carbons (Fsp3) is 0.143. The molecule has 0 radical (unpaired) electrons. The van der Waals surface area contributed by atoms with Gasteiger partial charge in [-0.25, -0.2) is 9.50 Å². The first-order chi connectivity index (χ1) is 12.2. The Morgan fingerprint density at radius 1 is 1.23 bits per heavy atom. The molecule has 0 spiro atoms. The highest BCUT2D eigenvalue weighted by Crippen LogP contribution is 2.34. The Balaban J connectivity index is 2.06. The van der Waals surface area contributed by atoms with Crippen molar-refractivity contribution >= 4 is 28.5 Å². The molecular weight excluding hydrogens is 355 g/mol. The van der Waals surface area contributed by atoms with Crippen LogP contribution in [0.15, 0.2) is 40.6 Å². The fourth-order valence-corrected chi connectivity index (χ4v) is 2.19. The minimum absolute atomic E-state index is 0.108. The summed E-state index contributed by atoms with van der Waals surface area (Å²) < 4.78 is 40.0. The molecule has 0 aliphatic carbocycles. The van der Waals surface area contributed by atoms with Crippen molar-refractivity contribution < 1.29 is 18.1 Å². The van der Waals surface area contributed by atoms with Crippen molar-refractivity contribution in [1.82, 2.24) is 14.6 Å². The third-order valence-electron chi connectivity index (χ3n) is 3.34. The number of alkyl halides is 3. The topological polar surface area (TPSA) is 124 Å². The van der Waals surface area contributed by atoms with Gasteiger partial charge in [0.15, 0.2) is 17.2 Å². The van der Waals surface area contributed by atoms with Gasteiger partial charge in [-0.1, -0.05) is 0 Å². The number of benzene rings is 1. The molecule has 9 nitrogen and oxygen atoms in total. The highest BCUT2D eigenvalue weighted by molar-refractivity contribution is 5.75. The number of nitrogen functional groups attached to an aromatic ring is 1. The van der Waals surface area contributed by atoms with E-state index in [2.05, 4.69) is 20.3 Å². The summed E-state index contributed by atoms with van der Waals surface area (Å²) in [5.74, 6) is -0.278. The molecule has 0 bridgehead atoms. The number of halogens is 3. The van der Waals surface area contributed by atoms with Gasteiger partial charge in [0, 0.05) is 17.8 Å². The molecule has 1 aromatic carbocycles. The van der Waals surface area contributed by atoms with Gasteiger partial charge in [-0.15, -0.1) is 10.2 Å². The van der Waals surface area contributed by atoms with Crippen LogP contribution >= 0.6 is 0 Å². The summed E-state index contributed by atoms with van der Waals surface area (Å²) in [5.41, 5.74) is 4.52. The number of anilines is 1. The number of aryl methyl sites for hydroxylation is 1. The number of non-ortho nitro benzene ring substituents is 1. The maximum atomic E-state index is 13.2. The molecule has 3 aromatic rings. The minimum Gasteiger partial charge on any atom is -0.380 e. The molecule has 2 N–H and O–H groups in total. The highest BCUT2D eigenvalue weighted by atomic mass is 19.4. The van der Waals surface area contributed by atoms with Crippen LogP contribution < -0.4 is 5.73 Å². The first-order valence-corrected chi connectivity index (χ1v) is 7.06. The molecule has 0 aliphatic rings. The summed E-state index contributed by atoms with van der Waals surface area (Å²) in [4.78, 5) is 14.0. The highest BCUT2D eigenvalue weighted by Gasteiger charge is 2.35. The normalized spacial score (nSPS) is 12.2. The number of azo groups is 1. The number of nitro groups is 1. The van der Waals surface area contributed by atoms with Gasteiger partial charge >= 0.3 is 6.18 Å². The summed E-state index contributed by atoms with van der Waals surface area (Å²) in [6.07, 6.45) is -4.66. The summed E-state index contributed by atoms with van der Waals surface area (Å²) in [7, 11) is 0. The number of nitrogens with zero attached hydrogens (tertiary/aromatic N) is 6. The lowest BCUT2D eigenvalue weighted by Gasteiger charge is -2.09. The molecular formula is C14H10F3N7O2. The number of rotatable bonds is 3. The largest absolute Gasteiger partial charge is 0.433 e. The predicted molar refractivity (Wildman–Crippen MR) is 84.4 cm³/mol. The van der Waals surface area contributed by atoms with E-state index >= 15 is 0 Å². The van der Waals surface area contributed by atoms with E-state index in [0.29, 0.717) is 4.52 Å². The Bertz CT molecular complexity index is 1030. The standard InChI is InChI=1S/C14H10F3N7O2/c1-7-6-10(14(15,16)17)23-13(19-7)11(12(18)22-23)21-20-8-2-4-9(5-3-8)24(25)26/h2-6H,1H3,(H2,18,22). The lowest BCUT2D eigenvalue weighted by Crippen LogP contribution is -2.13. The zero-order chi connectivity index (χ0) is 19.1. The van der Waals surface area contributed by atoms with E-state index < -0.39 is 16.8 Å². The van der Waals surface area contributed by atoms with E-state index in [0.717, 1.165) is 6.07 Å².